The summed E-state index contributed by atoms with van der Waals surface area (Å²) >= 11 is 0. The Bertz CT molecular complexity index is 657. The predicted molar refractivity (Wildman–Crippen MR) is 118 cm³/mol. The first-order valence-corrected chi connectivity index (χ1v) is 11.3. The van der Waals surface area contributed by atoms with E-state index in [1.165, 1.54) is 0 Å². The highest BCUT2D eigenvalue weighted by molar-refractivity contribution is 5.85. The van der Waals surface area contributed by atoms with Gasteiger partial charge < -0.3 is 19.0 Å². The van der Waals surface area contributed by atoms with Crippen LogP contribution in [-0.4, -0.2) is 53.5 Å². The minimum absolute atomic E-state index is 0.0310. The number of hydrogen-bond acceptors (Lipinski definition) is 4. The second-order valence-electron chi connectivity index (χ2n) is 10.2. The second-order valence-corrected chi connectivity index (χ2v) is 10.2. The van der Waals surface area contributed by atoms with Crippen LogP contribution < -0.4 is 0 Å². The highest BCUT2D eigenvalue weighted by atomic mass is 16.5. The van der Waals surface area contributed by atoms with Crippen LogP contribution >= 0.6 is 0 Å². The van der Waals surface area contributed by atoms with Crippen LogP contribution in [0.2, 0.25) is 0 Å². The van der Waals surface area contributed by atoms with Gasteiger partial charge in [0, 0.05) is 25.6 Å². The average molecular weight is 421 g/mol. The second kappa shape index (κ2) is 11.0. The first kappa shape index (κ1) is 24.4. The third-order valence-electron chi connectivity index (χ3n) is 5.46. The van der Waals surface area contributed by atoms with Gasteiger partial charge in [0.2, 0.25) is 11.8 Å². The normalized spacial score (nSPS) is 17.9. The van der Waals surface area contributed by atoms with Gasteiger partial charge in [-0.05, 0) is 56.6 Å². The van der Waals surface area contributed by atoms with Crippen molar-refractivity contribution >= 4 is 11.8 Å². The standard InChI is InChI=1S/C24H40N2O4/c1-18(2)26(22(27)13-19(3)14-24(4,5)6)17-23(28)25(15-20-9-7-11-29-20)16-21-10-8-12-30-21/h7,9,11,18-19,21H,8,10,12-17H2,1-6H3. The molecule has 2 atom stereocenters. The Morgan fingerprint density at radius 1 is 1.20 bits per heavy atom. The number of carbonyl (C=O) groups is 2. The summed E-state index contributed by atoms with van der Waals surface area (Å²) in [5.74, 6) is 1.00. The van der Waals surface area contributed by atoms with E-state index in [0.717, 1.165) is 31.6 Å². The fourth-order valence-corrected chi connectivity index (χ4v) is 4.22. The summed E-state index contributed by atoms with van der Waals surface area (Å²) in [7, 11) is 0. The Morgan fingerprint density at radius 2 is 1.93 bits per heavy atom. The maximum absolute atomic E-state index is 13.2. The van der Waals surface area contributed by atoms with Crippen molar-refractivity contribution in [2.75, 3.05) is 19.7 Å². The van der Waals surface area contributed by atoms with Crippen molar-refractivity contribution in [3.63, 3.8) is 0 Å². The first-order valence-electron chi connectivity index (χ1n) is 11.3. The maximum Gasteiger partial charge on any atom is 0.242 e. The van der Waals surface area contributed by atoms with E-state index < -0.39 is 0 Å². The molecule has 170 valence electrons. The summed E-state index contributed by atoms with van der Waals surface area (Å²) in [6.45, 7) is 14.4. The molecule has 0 saturated carbocycles. The summed E-state index contributed by atoms with van der Waals surface area (Å²) in [6.07, 6.45) is 5.09. The van der Waals surface area contributed by atoms with Gasteiger partial charge in [-0.15, -0.1) is 0 Å². The molecule has 1 aliphatic heterocycles. The van der Waals surface area contributed by atoms with Crippen molar-refractivity contribution in [2.24, 2.45) is 11.3 Å². The molecule has 0 aromatic carbocycles. The van der Waals surface area contributed by atoms with Gasteiger partial charge in [-0.3, -0.25) is 9.59 Å². The topological polar surface area (TPSA) is 63.0 Å². The van der Waals surface area contributed by atoms with Crippen LogP contribution in [-0.2, 0) is 20.9 Å². The van der Waals surface area contributed by atoms with E-state index in [1.807, 2.05) is 26.0 Å². The van der Waals surface area contributed by atoms with Gasteiger partial charge in [0.1, 0.15) is 5.76 Å². The molecule has 1 aliphatic rings. The molecular formula is C24H40N2O4. The molecule has 1 aromatic rings. The maximum atomic E-state index is 13.2. The molecule has 1 aromatic heterocycles. The molecule has 0 N–H and O–H groups in total. The van der Waals surface area contributed by atoms with Gasteiger partial charge in [0.05, 0.1) is 25.5 Å². The summed E-state index contributed by atoms with van der Waals surface area (Å²) in [5.41, 5.74) is 0.180. The summed E-state index contributed by atoms with van der Waals surface area (Å²) in [6, 6.07) is 3.66. The van der Waals surface area contributed by atoms with Crippen LogP contribution in [0.25, 0.3) is 0 Å². The average Bonchev–Trinajstić information content (AvgIpc) is 3.30. The van der Waals surface area contributed by atoms with Crippen molar-refractivity contribution in [1.29, 1.82) is 0 Å². The zero-order chi connectivity index (χ0) is 22.3. The molecular weight excluding hydrogens is 380 g/mol. The lowest BCUT2D eigenvalue weighted by atomic mass is 9.84. The Labute approximate surface area is 181 Å². The van der Waals surface area contributed by atoms with Crippen molar-refractivity contribution in [2.45, 2.75) is 85.9 Å². The van der Waals surface area contributed by atoms with E-state index in [1.54, 1.807) is 16.1 Å². The molecule has 6 heteroatoms. The molecule has 2 rings (SSSR count). The number of furan rings is 1. The number of amides is 2. The van der Waals surface area contributed by atoms with Crippen molar-refractivity contribution < 1.29 is 18.7 Å². The van der Waals surface area contributed by atoms with E-state index in [4.69, 9.17) is 9.15 Å². The van der Waals surface area contributed by atoms with Crippen LogP contribution in [0.1, 0.15) is 73.0 Å². The Balaban J connectivity index is 2.03. The molecule has 30 heavy (non-hydrogen) atoms. The van der Waals surface area contributed by atoms with E-state index in [-0.39, 0.29) is 41.8 Å². The number of carbonyl (C=O) groups excluding carboxylic acids is 2. The SMILES string of the molecule is CC(CC(=O)N(CC(=O)N(Cc1ccco1)CC1CCCO1)C(C)C)CC(C)(C)C. The molecule has 1 saturated heterocycles. The Morgan fingerprint density at radius 3 is 2.47 bits per heavy atom. The van der Waals surface area contributed by atoms with Crippen LogP contribution in [0.3, 0.4) is 0 Å². The summed E-state index contributed by atoms with van der Waals surface area (Å²) < 4.78 is 11.2. The van der Waals surface area contributed by atoms with E-state index in [2.05, 4.69) is 27.7 Å². The van der Waals surface area contributed by atoms with Crippen molar-refractivity contribution in [3.8, 4) is 0 Å². The van der Waals surface area contributed by atoms with Gasteiger partial charge in [-0.1, -0.05) is 27.7 Å². The number of rotatable bonds is 10. The first-order chi connectivity index (χ1) is 14.0. The van der Waals surface area contributed by atoms with E-state index in [9.17, 15) is 9.59 Å². The number of ether oxygens (including phenoxy) is 1. The third-order valence-corrected chi connectivity index (χ3v) is 5.46. The van der Waals surface area contributed by atoms with Gasteiger partial charge in [0.15, 0.2) is 0 Å². The lowest BCUT2D eigenvalue weighted by Gasteiger charge is -2.32. The zero-order valence-electron chi connectivity index (χ0n) is 19.6. The van der Waals surface area contributed by atoms with Crippen LogP contribution in [0.4, 0.5) is 0 Å². The molecule has 1 fully saturated rings. The van der Waals surface area contributed by atoms with Crippen molar-refractivity contribution in [1.82, 2.24) is 9.80 Å². The van der Waals surface area contributed by atoms with Gasteiger partial charge in [-0.2, -0.15) is 0 Å². The van der Waals surface area contributed by atoms with Crippen molar-refractivity contribution in [3.05, 3.63) is 24.2 Å². The fourth-order valence-electron chi connectivity index (χ4n) is 4.22. The molecule has 0 bridgehead atoms. The summed E-state index contributed by atoms with van der Waals surface area (Å²) in [4.78, 5) is 29.7. The van der Waals surface area contributed by atoms with Gasteiger partial charge >= 0.3 is 0 Å². The quantitative estimate of drug-likeness (QED) is 0.560. The molecule has 2 heterocycles. The number of hydrogen-bond donors (Lipinski definition) is 0. The Hall–Kier alpha value is -1.82. The highest BCUT2D eigenvalue weighted by Gasteiger charge is 2.28. The number of nitrogens with zero attached hydrogens (tertiary/aromatic N) is 2. The molecule has 2 amide bonds. The zero-order valence-corrected chi connectivity index (χ0v) is 19.6. The van der Waals surface area contributed by atoms with Crippen LogP contribution in [0.15, 0.2) is 22.8 Å². The minimum atomic E-state index is -0.0626. The third kappa shape index (κ3) is 8.13. The van der Waals surface area contributed by atoms with Gasteiger partial charge in [-0.25, -0.2) is 0 Å². The van der Waals surface area contributed by atoms with E-state index in [0.29, 0.717) is 19.5 Å². The highest BCUT2D eigenvalue weighted by Crippen LogP contribution is 2.26. The van der Waals surface area contributed by atoms with Crippen LogP contribution in [0.5, 0.6) is 0 Å². The predicted octanol–water partition coefficient (Wildman–Crippen LogP) is 4.49. The lowest BCUT2D eigenvalue weighted by Crippen LogP contribution is -2.47. The molecule has 0 spiro atoms. The fraction of sp³-hybridized carbons (Fsp3) is 0.750. The summed E-state index contributed by atoms with van der Waals surface area (Å²) in [5, 5.41) is 0. The van der Waals surface area contributed by atoms with E-state index >= 15 is 0 Å². The Kier molecular flexibility index (Phi) is 8.95. The lowest BCUT2D eigenvalue weighted by molar-refractivity contribution is -0.144. The smallest absolute Gasteiger partial charge is 0.242 e. The van der Waals surface area contributed by atoms with Gasteiger partial charge in [0.25, 0.3) is 0 Å². The minimum Gasteiger partial charge on any atom is -0.467 e. The molecule has 0 aliphatic carbocycles. The van der Waals surface area contributed by atoms with Crippen LogP contribution in [0, 0.1) is 11.3 Å². The molecule has 6 nitrogen and oxygen atoms in total. The monoisotopic (exact) mass is 420 g/mol. The molecule has 2 unspecified atom stereocenters. The molecule has 0 radical (unpaired) electrons. The largest absolute Gasteiger partial charge is 0.467 e.